The van der Waals surface area contributed by atoms with Crippen molar-refractivity contribution < 1.29 is 9.18 Å². The van der Waals surface area contributed by atoms with Gasteiger partial charge in [0.1, 0.15) is 5.82 Å². The molecule has 0 saturated carbocycles. The number of nitrogens with zero attached hydrogens (tertiary/aromatic N) is 4. The number of fused-ring (bicyclic) bond motifs is 1. The minimum absolute atomic E-state index is 0.0441. The maximum absolute atomic E-state index is 13.8. The van der Waals surface area contributed by atoms with E-state index in [1.54, 1.807) is 19.1 Å². The number of amides is 1. The largest absolute Gasteiger partial charge is 0.340 e. The van der Waals surface area contributed by atoms with Crippen LogP contribution < -0.4 is 4.90 Å². The summed E-state index contributed by atoms with van der Waals surface area (Å²) < 4.78 is 13.8. The highest BCUT2D eigenvalue weighted by molar-refractivity contribution is 5.74. The summed E-state index contributed by atoms with van der Waals surface area (Å²) in [4.78, 5) is 25.4. The van der Waals surface area contributed by atoms with E-state index in [9.17, 15) is 9.18 Å². The molecule has 136 valence electrons. The van der Waals surface area contributed by atoms with Gasteiger partial charge in [0.15, 0.2) is 0 Å². The van der Waals surface area contributed by atoms with E-state index in [1.807, 2.05) is 31.0 Å². The molecule has 1 aromatic heterocycles. The van der Waals surface area contributed by atoms with Gasteiger partial charge in [0, 0.05) is 50.3 Å². The zero-order chi connectivity index (χ0) is 18.4. The minimum atomic E-state index is -0.262. The molecule has 3 atom stereocenters. The number of aromatic nitrogens is 2. The quantitative estimate of drug-likeness (QED) is 0.832. The summed E-state index contributed by atoms with van der Waals surface area (Å²) in [6.45, 7) is 7.88. The summed E-state index contributed by atoms with van der Waals surface area (Å²) in [6.07, 6.45) is 1.86. The van der Waals surface area contributed by atoms with Crippen LogP contribution in [0.25, 0.3) is 0 Å². The smallest absolute Gasteiger partial charge is 0.225 e. The van der Waals surface area contributed by atoms with Crippen molar-refractivity contribution in [2.45, 2.75) is 26.8 Å². The lowest BCUT2D eigenvalue weighted by Gasteiger charge is -2.29. The maximum Gasteiger partial charge on any atom is 0.225 e. The molecule has 2 aliphatic rings. The average Bonchev–Trinajstić information content (AvgIpc) is 3.15. The molecule has 2 saturated heterocycles. The van der Waals surface area contributed by atoms with Gasteiger partial charge in [0.05, 0.1) is 6.04 Å². The summed E-state index contributed by atoms with van der Waals surface area (Å²) in [7, 11) is 0. The summed E-state index contributed by atoms with van der Waals surface area (Å²) in [6, 6.07) is 6.54. The number of benzene rings is 1. The number of likely N-dealkylation sites (tertiary alicyclic amines) is 1. The second-order valence-electron chi connectivity index (χ2n) is 7.44. The van der Waals surface area contributed by atoms with Crippen LogP contribution in [0.3, 0.4) is 0 Å². The van der Waals surface area contributed by atoms with Crippen molar-refractivity contribution in [3.63, 3.8) is 0 Å². The number of halogens is 1. The van der Waals surface area contributed by atoms with Crippen molar-refractivity contribution in [1.29, 1.82) is 0 Å². The molecule has 1 amide bonds. The Morgan fingerprint density at radius 3 is 2.73 bits per heavy atom. The molecule has 3 heterocycles. The first-order chi connectivity index (χ1) is 12.4. The average molecular weight is 354 g/mol. The molecule has 5 nitrogen and oxygen atoms in total. The summed E-state index contributed by atoms with van der Waals surface area (Å²) in [5.41, 5.74) is 2.93. The Morgan fingerprint density at radius 1 is 1.23 bits per heavy atom. The third-order valence-electron chi connectivity index (χ3n) is 5.75. The molecule has 0 bridgehead atoms. The van der Waals surface area contributed by atoms with Crippen LogP contribution in [0.15, 0.2) is 30.5 Å². The Labute approximate surface area is 152 Å². The Kier molecular flexibility index (Phi) is 4.13. The van der Waals surface area contributed by atoms with E-state index in [-0.39, 0.29) is 23.7 Å². The highest BCUT2D eigenvalue weighted by Crippen LogP contribution is 2.45. The minimum Gasteiger partial charge on any atom is -0.340 e. The lowest BCUT2D eigenvalue weighted by molar-refractivity contribution is -0.130. The van der Waals surface area contributed by atoms with Crippen LogP contribution in [-0.4, -0.2) is 40.4 Å². The van der Waals surface area contributed by atoms with Gasteiger partial charge in [0.25, 0.3) is 0 Å². The topological polar surface area (TPSA) is 49.3 Å². The van der Waals surface area contributed by atoms with Crippen LogP contribution in [0.2, 0.25) is 0 Å². The maximum atomic E-state index is 13.8. The third kappa shape index (κ3) is 2.83. The van der Waals surface area contributed by atoms with Crippen LogP contribution in [0, 0.1) is 31.5 Å². The highest BCUT2D eigenvalue weighted by Gasteiger charge is 2.49. The number of aryl methyl sites for hydroxylation is 2. The monoisotopic (exact) mass is 354 g/mol. The fourth-order valence-electron chi connectivity index (χ4n) is 4.32. The Hall–Kier alpha value is -2.50. The van der Waals surface area contributed by atoms with E-state index in [4.69, 9.17) is 0 Å². The van der Waals surface area contributed by atoms with Crippen LogP contribution in [0.1, 0.15) is 29.8 Å². The Balaban J connectivity index is 1.64. The van der Waals surface area contributed by atoms with E-state index in [0.29, 0.717) is 12.5 Å². The van der Waals surface area contributed by atoms with E-state index in [2.05, 4.69) is 14.9 Å². The molecule has 0 unspecified atom stereocenters. The zero-order valence-corrected chi connectivity index (χ0v) is 15.3. The molecule has 4 rings (SSSR count). The van der Waals surface area contributed by atoms with Gasteiger partial charge >= 0.3 is 0 Å². The van der Waals surface area contributed by atoms with E-state index < -0.39 is 0 Å². The molecule has 2 fully saturated rings. The van der Waals surface area contributed by atoms with Crippen LogP contribution in [0.5, 0.6) is 0 Å². The molecule has 0 N–H and O–H groups in total. The Bertz CT molecular complexity index is 855. The van der Waals surface area contributed by atoms with Crippen molar-refractivity contribution in [3.8, 4) is 0 Å². The first kappa shape index (κ1) is 16.9. The van der Waals surface area contributed by atoms with E-state index >= 15 is 0 Å². The van der Waals surface area contributed by atoms with Gasteiger partial charge in [-0.05, 0) is 37.1 Å². The van der Waals surface area contributed by atoms with Crippen LogP contribution >= 0.6 is 0 Å². The normalized spacial score (nSPS) is 24.8. The molecule has 0 aliphatic carbocycles. The van der Waals surface area contributed by atoms with Gasteiger partial charge in [-0.15, -0.1) is 0 Å². The molecule has 2 aromatic rings. The van der Waals surface area contributed by atoms with Crippen LogP contribution in [-0.2, 0) is 4.79 Å². The van der Waals surface area contributed by atoms with Crippen LogP contribution in [0.4, 0.5) is 10.3 Å². The SMILES string of the molecule is CC(=O)N1C[C@H]2CN(c3ncc(C)c(C)n3)C[C@H]2[C@H]1c1cccc(F)c1. The first-order valence-corrected chi connectivity index (χ1v) is 9.02. The van der Waals surface area contributed by atoms with Crippen molar-refractivity contribution in [3.05, 3.63) is 53.1 Å². The van der Waals surface area contributed by atoms with Gasteiger partial charge in [-0.2, -0.15) is 0 Å². The standard InChI is InChI=1S/C20H23FN4O/c1-12-8-22-20(23-13(12)2)24-9-16-10-25(14(3)26)19(18(16)11-24)15-5-4-6-17(21)7-15/h4-8,16,18-19H,9-11H2,1-3H3/t16-,18-,19-/m1/s1. The van der Waals surface area contributed by atoms with Crippen molar-refractivity contribution >= 4 is 11.9 Å². The van der Waals surface area contributed by atoms with Crippen molar-refractivity contribution in [1.82, 2.24) is 14.9 Å². The van der Waals surface area contributed by atoms with Gasteiger partial charge in [0.2, 0.25) is 11.9 Å². The molecule has 0 spiro atoms. The van der Waals surface area contributed by atoms with Gasteiger partial charge < -0.3 is 9.80 Å². The van der Waals surface area contributed by atoms with Crippen molar-refractivity contribution in [2.24, 2.45) is 11.8 Å². The predicted molar refractivity (Wildman–Crippen MR) is 97.2 cm³/mol. The number of carbonyl (C=O) groups excluding carboxylic acids is 1. The van der Waals surface area contributed by atoms with E-state index in [0.717, 1.165) is 35.9 Å². The number of rotatable bonds is 2. The van der Waals surface area contributed by atoms with Crippen molar-refractivity contribution in [2.75, 3.05) is 24.5 Å². The second kappa shape index (κ2) is 6.34. The summed E-state index contributed by atoms with van der Waals surface area (Å²) in [5, 5.41) is 0. The molecule has 2 aliphatic heterocycles. The number of anilines is 1. The summed E-state index contributed by atoms with van der Waals surface area (Å²) >= 11 is 0. The fourth-order valence-corrected chi connectivity index (χ4v) is 4.32. The number of hydrogen-bond acceptors (Lipinski definition) is 4. The molecule has 0 radical (unpaired) electrons. The lowest BCUT2D eigenvalue weighted by Crippen LogP contribution is -2.34. The van der Waals surface area contributed by atoms with Gasteiger partial charge in [-0.3, -0.25) is 4.79 Å². The van der Waals surface area contributed by atoms with Gasteiger partial charge in [-0.25, -0.2) is 14.4 Å². The molecular formula is C20H23FN4O. The second-order valence-corrected chi connectivity index (χ2v) is 7.44. The van der Waals surface area contributed by atoms with Gasteiger partial charge in [-0.1, -0.05) is 12.1 Å². The number of carbonyl (C=O) groups is 1. The molecule has 1 aromatic carbocycles. The molecule has 6 heteroatoms. The molecule has 26 heavy (non-hydrogen) atoms. The Morgan fingerprint density at radius 2 is 2.04 bits per heavy atom. The highest BCUT2D eigenvalue weighted by atomic mass is 19.1. The fraction of sp³-hybridized carbons (Fsp3) is 0.450. The third-order valence-corrected chi connectivity index (χ3v) is 5.75. The summed E-state index contributed by atoms with van der Waals surface area (Å²) in [5.74, 6) is 1.13. The lowest BCUT2D eigenvalue weighted by atomic mass is 9.89. The molecular weight excluding hydrogens is 331 g/mol. The predicted octanol–water partition coefficient (Wildman–Crippen LogP) is 2.89. The first-order valence-electron chi connectivity index (χ1n) is 9.02. The zero-order valence-electron chi connectivity index (χ0n) is 15.3. The van der Waals surface area contributed by atoms with E-state index in [1.165, 1.54) is 6.07 Å². The number of hydrogen-bond donors (Lipinski definition) is 0.